The molecule has 1 aromatic carbocycles. The molecule has 0 aliphatic carbocycles. The molecule has 0 radical (unpaired) electrons. The van der Waals surface area contributed by atoms with Crippen molar-refractivity contribution in [2.75, 3.05) is 29.4 Å². The Morgan fingerprint density at radius 3 is 2.50 bits per heavy atom. The van der Waals surface area contributed by atoms with Crippen molar-refractivity contribution in [1.82, 2.24) is 9.97 Å². The Hall–Kier alpha value is -2.10. The van der Waals surface area contributed by atoms with E-state index in [0.29, 0.717) is 0 Å². The fourth-order valence-electron chi connectivity index (χ4n) is 3.46. The van der Waals surface area contributed by atoms with Gasteiger partial charge in [-0.05, 0) is 42.9 Å². The molecule has 22 heavy (non-hydrogen) atoms. The summed E-state index contributed by atoms with van der Waals surface area (Å²) in [6, 6.07) is 10.7. The molecule has 1 fully saturated rings. The van der Waals surface area contributed by atoms with Crippen molar-refractivity contribution in [1.29, 1.82) is 0 Å². The minimum absolute atomic E-state index is 0.873. The van der Waals surface area contributed by atoms with Gasteiger partial charge < -0.3 is 9.80 Å². The molecule has 0 atom stereocenters. The highest BCUT2D eigenvalue weighted by Crippen LogP contribution is 2.24. The van der Waals surface area contributed by atoms with Gasteiger partial charge in [0.1, 0.15) is 5.82 Å². The first-order valence-electron chi connectivity index (χ1n) is 8.30. The van der Waals surface area contributed by atoms with Crippen LogP contribution in [0.5, 0.6) is 0 Å². The second-order valence-corrected chi connectivity index (χ2v) is 6.20. The van der Waals surface area contributed by atoms with E-state index >= 15 is 0 Å². The Morgan fingerprint density at radius 1 is 0.818 bits per heavy atom. The van der Waals surface area contributed by atoms with Gasteiger partial charge in [-0.1, -0.05) is 24.3 Å². The van der Waals surface area contributed by atoms with Crippen LogP contribution in [-0.2, 0) is 13.0 Å². The van der Waals surface area contributed by atoms with Crippen molar-refractivity contribution >= 4 is 11.8 Å². The van der Waals surface area contributed by atoms with Crippen LogP contribution in [0, 0.1) is 0 Å². The molecule has 2 aliphatic heterocycles. The van der Waals surface area contributed by atoms with E-state index in [1.165, 1.54) is 30.4 Å². The lowest BCUT2D eigenvalue weighted by molar-refractivity contribution is 0.572. The molecule has 0 bridgehead atoms. The Balaban J connectivity index is 1.56. The lowest BCUT2D eigenvalue weighted by Gasteiger charge is -2.31. The number of aromatic nitrogens is 2. The summed E-state index contributed by atoms with van der Waals surface area (Å²) in [4.78, 5) is 14.0. The van der Waals surface area contributed by atoms with Gasteiger partial charge in [0.15, 0.2) is 0 Å². The largest absolute Gasteiger partial charge is 0.356 e. The third kappa shape index (κ3) is 2.65. The number of anilines is 2. The quantitative estimate of drug-likeness (QED) is 0.852. The standard InChI is InChI=1S/C18H22N4/c1-4-11-21(12-5-1)17-8-10-19-18(20-17)22-13-9-15-6-2-3-7-16(15)14-22/h2-3,6-8,10H,1,4-5,9,11-14H2. The highest BCUT2D eigenvalue weighted by Gasteiger charge is 2.19. The average Bonchev–Trinajstić information content (AvgIpc) is 2.62. The van der Waals surface area contributed by atoms with Crippen LogP contribution in [0.2, 0.25) is 0 Å². The van der Waals surface area contributed by atoms with Crippen LogP contribution in [0.1, 0.15) is 30.4 Å². The Kier molecular flexibility index (Phi) is 3.67. The Bertz CT molecular complexity index is 649. The van der Waals surface area contributed by atoms with Crippen LogP contribution in [-0.4, -0.2) is 29.6 Å². The minimum atomic E-state index is 0.873. The highest BCUT2D eigenvalue weighted by atomic mass is 15.3. The molecule has 3 heterocycles. The first-order chi connectivity index (χ1) is 10.9. The van der Waals surface area contributed by atoms with Gasteiger partial charge in [-0.3, -0.25) is 0 Å². The molecule has 0 amide bonds. The van der Waals surface area contributed by atoms with E-state index in [4.69, 9.17) is 4.98 Å². The number of rotatable bonds is 2. The molecule has 4 rings (SSSR count). The highest BCUT2D eigenvalue weighted by molar-refractivity contribution is 5.46. The van der Waals surface area contributed by atoms with E-state index in [0.717, 1.165) is 44.4 Å². The molecule has 4 nitrogen and oxygen atoms in total. The van der Waals surface area contributed by atoms with E-state index < -0.39 is 0 Å². The molecule has 1 saturated heterocycles. The van der Waals surface area contributed by atoms with Crippen LogP contribution in [0.4, 0.5) is 11.8 Å². The van der Waals surface area contributed by atoms with Gasteiger partial charge in [-0.2, -0.15) is 4.98 Å². The summed E-state index contributed by atoms with van der Waals surface area (Å²) in [7, 11) is 0. The summed E-state index contributed by atoms with van der Waals surface area (Å²) in [6.07, 6.45) is 6.88. The maximum atomic E-state index is 4.83. The number of piperidine rings is 1. The normalized spacial score (nSPS) is 18.2. The average molecular weight is 294 g/mol. The van der Waals surface area contributed by atoms with Gasteiger partial charge in [-0.15, -0.1) is 0 Å². The van der Waals surface area contributed by atoms with E-state index in [1.807, 2.05) is 12.3 Å². The molecule has 114 valence electrons. The zero-order valence-electron chi connectivity index (χ0n) is 12.9. The van der Waals surface area contributed by atoms with Crippen LogP contribution >= 0.6 is 0 Å². The molecule has 0 N–H and O–H groups in total. The Labute approximate surface area is 131 Å². The summed E-state index contributed by atoms with van der Waals surface area (Å²) < 4.78 is 0. The number of fused-ring (bicyclic) bond motifs is 1. The molecular weight excluding hydrogens is 272 g/mol. The summed E-state index contributed by atoms with van der Waals surface area (Å²) >= 11 is 0. The maximum Gasteiger partial charge on any atom is 0.227 e. The summed E-state index contributed by atoms with van der Waals surface area (Å²) in [5.41, 5.74) is 2.87. The second kappa shape index (κ2) is 5.95. The second-order valence-electron chi connectivity index (χ2n) is 6.20. The SMILES string of the molecule is c1ccc2c(c1)CCN(c1nccc(N3CCCCC3)n1)C2. The van der Waals surface area contributed by atoms with Gasteiger partial charge in [0.2, 0.25) is 5.95 Å². The van der Waals surface area contributed by atoms with Gasteiger partial charge in [0.25, 0.3) is 0 Å². The lowest BCUT2D eigenvalue weighted by Crippen LogP contribution is -2.33. The van der Waals surface area contributed by atoms with E-state index in [-0.39, 0.29) is 0 Å². The predicted molar refractivity (Wildman–Crippen MR) is 89.3 cm³/mol. The van der Waals surface area contributed by atoms with Crippen molar-refractivity contribution in [3.63, 3.8) is 0 Å². The third-order valence-electron chi connectivity index (χ3n) is 4.72. The molecule has 1 aromatic heterocycles. The number of hydrogen-bond donors (Lipinski definition) is 0. The van der Waals surface area contributed by atoms with Crippen LogP contribution in [0.3, 0.4) is 0 Å². The number of benzene rings is 1. The number of hydrogen-bond acceptors (Lipinski definition) is 4. The molecular formula is C18H22N4. The monoisotopic (exact) mass is 294 g/mol. The van der Waals surface area contributed by atoms with Crippen LogP contribution in [0.25, 0.3) is 0 Å². The van der Waals surface area contributed by atoms with Crippen molar-refractivity contribution in [2.45, 2.75) is 32.2 Å². The van der Waals surface area contributed by atoms with Crippen LogP contribution < -0.4 is 9.80 Å². The molecule has 2 aromatic rings. The zero-order valence-corrected chi connectivity index (χ0v) is 12.9. The minimum Gasteiger partial charge on any atom is -0.356 e. The molecule has 0 unspecified atom stereocenters. The zero-order chi connectivity index (χ0) is 14.8. The van der Waals surface area contributed by atoms with Crippen molar-refractivity contribution < 1.29 is 0 Å². The van der Waals surface area contributed by atoms with Crippen molar-refractivity contribution in [3.8, 4) is 0 Å². The molecule has 2 aliphatic rings. The van der Waals surface area contributed by atoms with Gasteiger partial charge in [-0.25, -0.2) is 4.98 Å². The summed E-state index contributed by atoms with van der Waals surface area (Å²) in [5, 5.41) is 0. The number of nitrogens with zero attached hydrogens (tertiary/aromatic N) is 4. The smallest absolute Gasteiger partial charge is 0.227 e. The van der Waals surface area contributed by atoms with E-state index in [1.54, 1.807) is 0 Å². The topological polar surface area (TPSA) is 32.3 Å². The third-order valence-corrected chi connectivity index (χ3v) is 4.72. The molecule has 4 heteroatoms. The van der Waals surface area contributed by atoms with Gasteiger partial charge in [0.05, 0.1) is 0 Å². The van der Waals surface area contributed by atoms with Crippen LogP contribution in [0.15, 0.2) is 36.5 Å². The van der Waals surface area contributed by atoms with Gasteiger partial charge >= 0.3 is 0 Å². The summed E-state index contributed by atoms with van der Waals surface area (Å²) in [6.45, 7) is 4.17. The first-order valence-corrected chi connectivity index (χ1v) is 8.30. The lowest BCUT2D eigenvalue weighted by atomic mass is 10.0. The van der Waals surface area contributed by atoms with Crippen molar-refractivity contribution in [3.05, 3.63) is 47.7 Å². The van der Waals surface area contributed by atoms with Crippen molar-refractivity contribution in [2.24, 2.45) is 0 Å². The molecule has 0 saturated carbocycles. The first kappa shape index (κ1) is 13.6. The fourth-order valence-corrected chi connectivity index (χ4v) is 3.46. The molecule has 0 spiro atoms. The maximum absolute atomic E-state index is 4.83. The predicted octanol–water partition coefficient (Wildman–Crippen LogP) is 3.03. The van der Waals surface area contributed by atoms with E-state index in [2.05, 4.69) is 39.0 Å². The fraction of sp³-hybridized carbons (Fsp3) is 0.444. The Morgan fingerprint density at radius 2 is 1.64 bits per heavy atom. The van der Waals surface area contributed by atoms with E-state index in [9.17, 15) is 0 Å². The van der Waals surface area contributed by atoms with Gasteiger partial charge in [0, 0.05) is 32.4 Å². The summed E-state index contributed by atoms with van der Waals surface area (Å²) in [5.74, 6) is 1.96.